The molecule has 4 rings (SSSR count). The molecule has 1 N–H and O–H groups in total. The second-order valence-electron chi connectivity index (χ2n) is 8.45. The first kappa shape index (κ1) is 23.3. The van der Waals surface area contributed by atoms with E-state index in [4.69, 9.17) is 9.47 Å². The summed E-state index contributed by atoms with van der Waals surface area (Å²) >= 11 is 0. The number of amides is 2. The first-order valence-corrected chi connectivity index (χ1v) is 11.1. The van der Waals surface area contributed by atoms with Crippen LogP contribution in [0.3, 0.4) is 0 Å². The number of carbonyl (C=O) groups excluding carboxylic acids is 2. The van der Waals surface area contributed by atoms with Gasteiger partial charge in [0.1, 0.15) is 5.82 Å². The quantitative estimate of drug-likeness (QED) is 0.550. The van der Waals surface area contributed by atoms with Gasteiger partial charge in [0.25, 0.3) is 11.5 Å². The molecular weight excluding hydrogens is 436 g/mol. The molecule has 0 radical (unpaired) electrons. The summed E-state index contributed by atoms with van der Waals surface area (Å²) in [5, 5.41) is 3.40. The zero-order valence-electron chi connectivity index (χ0n) is 19.8. The van der Waals surface area contributed by atoms with Gasteiger partial charge in [0.2, 0.25) is 5.91 Å². The molecule has 0 atom stereocenters. The van der Waals surface area contributed by atoms with Crippen molar-refractivity contribution in [1.29, 1.82) is 0 Å². The highest BCUT2D eigenvalue weighted by Gasteiger charge is 2.28. The van der Waals surface area contributed by atoms with Crippen molar-refractivity contribution in [2.45, 2.75) is 31.7 Å². The first-order valence-electron chi connectivity index (χ1n) is 11.1. The number of ether oxygens (including phenoxy) is 2. The van der Waals surface area contributed by atoms with E-state index in [0.29, 0.717) is 40.3 Å². The minimum absolute atomic E-state index is 0.0673. The highest BCUT2D eigenvalue weighted by Crippen LogP contribution is 2.35. The van der Waals surface area contributed by atoms with Crippen molar-refractivity contribution in [3.8, 4) is 11.5 Å². The van der Waals surface area contributed by atoms with Gasteiger partial charge >= 0.3 is 0 Å². The Morgan fingerprint density at radius 2 is 1.79 bits per heavy atom. The summed E-state index contributed by atoms with van der Waals surface area (Å²) in [6.45, 7) is 0. The Morgan fingerprint density at radius 1 is 1.12 bits per heavy atom. The van der Waals surface area contributed by atoms with E-state index < -0.39 is 0 Å². The summed E-state index contributed by atoms with van der Waals surface area (Å²) in [4.78, 5) is 44.8. The number of methoxy groups -OCH3 is 2. The molecule has 178 valence electrons. The van der Waals surface area contributed by atoms with Gasteiger partial charge in [-0.05, 0) is 31.0 Å². The van der Waals surface area contributed by atoms with Crippen LogP contribution in [0.1, 0.15) is 41.5 Å². The predicted octanol–water partition coefficient (Wildman–Crippen LogP) is 3.02. The molecule has 3 aromatic rings. The van der Waals surface area contributed by atoms with Crippen molar-refractivity contribution in [3.05, 3.63) is 58.1 Å². The smallest absolute Gasteiger partial charge is 0.261 e. The molecule has 1 aliphatic rings. The summed E-state index contributed by atoms with van der Waals surface area (Å²) in [7, 11) is 6.23. The summed E-state index contributed by atoms with van der Waals surface area (Å²) in [5.74, 6) is 0.796. The van der Waals surface area contributed by atoms with E-state index in [-0.39, 0.29) is 35.4 Å². The fourth-order valence-electron chi connectivity index (χ4n) is 3.92. The SMILES string of the molecule is COc1cc(NC(=O)CCc2nc3ccccc3c(=O)n2C2CC2)c(C(=O)N(C)C)cc1OC. The van der Waals surface area contributed by atoms with Gasteiger partial charge in [0, 0.05) is 39.0 Å². The molecule has 0 spiro atoms. The molecule has 34 heavy (non-hydrogen) atoms. The van der Waals surface area contributed by atoms with Crippen molar-refractivity contribution in [2.75, 3.05) is 33.6 Å². The molecule has 0 aliphatic heterocycles. The maximum Gasteiger partial charge on any atom is 0.261 e. The van der Waals surface area contributed by atoms with E-state index in [1.807, 2.05) is 12.1 Å². The number of nitrogens with one attached hydrogen (secondary N) is 1. The molecule has 9 heteroatoms. The molecule has 1 heterocycles. The fourth-order valence-corrected chi connectivity index (χ4v) is 3.92. The summed E-state index contributed by atoms with van der Waals surface area (Å²) in [5.41, 5.74) is 1.17. The molecule has 1 fully saturated rings. The number of nitrogens with zero attached hydrogens (tertiary/aromatic N) is 3. The maximum absolute atomic E-state index is 13.0. The van der Waals surface area contributed by atoms with Gasteiger partial charge in [-0.3, -0.25) is 19.0 Å². The van der Waals surface area contributed by atoms with Gasteiger partial charge in [-0.25, -0.2) is 4.98 Å². The summed E-state index contributed by atoms with van der Waals surface area (Å²) in [6.07, 6.45) is 2.26. The highest BCUT2D eigenvalue weighted by atomic mass is 16.5. The minimum Gasteiger partial charge on any atom is -0.493 e. The average Bonchev–Trinajstić information content (AvgIpc) is 3.67. The van der Waals surface area contributed by atoms with Crippen LogP contribution in [0.25, 0.3) is 10.9 Å². The van der Waals surface area contributed by atoms with Crippen molar-refractivity contribution >= 4 is 28.4 Å². The maximum atomic E-state index is 13.0. The molecular formula is C25H28N4O5. The number of carbonyl (C=O) groups is 2. The predicted molar refractivity (Wildman–Crippen MR) is 129 cm³/mol. The molecule has 2 aromatic carbocycles. The fraction of sp³-hybridized carbons (Fsp3) is 0.360. The number of hydrogen-bond donors (Lipinski definition) is 1. The van der Waals surface area contributed by atoms with Gasteiger partial charge < -0.3 is 19.7 Å². The lowest BCUT2D eigenvalue weighted by Gasteiger charge is -2.18. The number of aryl methyl sites for hydroxylation is 1. The van der Waals surface area contributed by atoms with E-state index >= 15 is 0 Å². The third kappa shape index (κ3) is 4.59. The van der Waals surface area contributed by atoms with Gasteiger partial charge in [-0.15, -0.1) is 0 Å². The Balaban J connectivity index is 1.59. The van der Waals surface area contributed by atoms with Crippen molar-refractivity contribution < 1.29 is 19.1 Å². The van der Waals surface area contributed by atoms with Crippen LogP contribution in [-0.2, 0) is 11.2 Å². The molecule has 0 unspecified atom stereocenters. The van der Waals surface area contributed by atoms with E-state index in [1.165, 1.54) is 19.1 Å². The Kier molecular flexibility index (Phi) is 6.54. The molecule has 2 amide bonds. The molecule has 9 nitrogen and oxygen atoms in total. The largest absolute Gasteiger partial charge is 0.493 e. The lowest BCUT2D eigenvalue weighted by atomic mass is 10.1. The van der Waals surface area contributed by atoms with E-state index in [0.717, 1.165) is 12.8 Å². The number of para-hydroxylation sites is 1. The summed E-state index contributed by atoms with van der Waals surface area (Å²) in [6, 6.07) is 10.5. The summed E-state index contributed by atoms with van der Waals surface area (Å²) < 4.78 is 12.4. The normalized spacial score (nSPS) is 12.9. The third-order valence-corrected chi connectivity index (χ3v) is 5.80. The van der Waals surface area contributed by atoms with Crippen molar-refractivity contribution in [2.24, 2.45) is 0 Å². The lowest BCUT2D eigenvalue weighted by molar-refractivity contribution is -0.116. The van der Waals surface area contributed by atoms with E-state index in [2.05, 4.69) is 10.3 Å². The first-order chi connectivity index (χ1) is 16.3. The number of fused-ring (bicyclic) bond motifs is 1. The van der Waals surface area contributed by atoms with Crippen LogP contribution in [-0.4, -0.2) is 54.6 Å². The monoisotopic (exact) mass is 464 g/mol. The van der Waals surface area contributed by atoms with Crippen LogP contribution in [0.15, 0.2) is 41.2 Å². The van der Waals surface area contributed by atoms with Crippen LogP contribution in [0.4, 0.5) is 5.69 Å². The average molecular weight is 465 g/mol. The number of rotatable bonds is 8. The number of hydrogen-bond acceptors (Lipinski definition) is 6. The molecule has 1 aliphatic carbocycles. The van der Waals surface area contributed by atoms with Gasteiger partial charge in [0.05, 0.1) is 36.4 Å². The Hall–Kier alpha value is -3.88. The number of benzene rings is 2. The van der Waals surface area contributed by atoms with Crippen LogP contribution < -0.4 is 20.3 Å². The second-order valence-corrected chi connectivity index (χ2v) is 8.45. The molecule has 1 saturated carbocycles. The Labute approximate surface area is 197 Å². The van der Waals surface area contributed by atoms with Crippen LogP contribution >= 0.6 is 0 Å². The molecule has 0 bridgehead atoms. The molecule has 0 saturated heterocycles. The van der Waals surface area contributed by atoms with E-state index in [1.54, 1.807) is 42.9 Å². The van der Waals surface area contributed by atoms with Crippen LogP contribution in [0, 0.1) is 0 Å². The lowest BCUT2D eigenvalue weighted by Crippen LogP contribution is -2.26. The van der Waals surface area contributed by atoms with Gasteiger partial charge in [-0.1, -0.05) is 12.1 Å². The standard InChI is InChI=1S/C25H28N4O5/c1-28(2)24(31)17-13-20(33-3)21(34-4)14-19(17)27-23(30)12-11-22-26-18-8-6-5-7-16(18)25(32)29(22)15-9-10-15/h5-8,13-15H,9-12H2,1-4H3,(H,27,30). The molecule has 1 aromatic heterocycles. The van der Waals surface area contributed by atoms with E-state index in [9.17, 15) is 14.4 Å². The minimum atomic E-state index is -0.301. The Morgan fingerprint density at radius 3 is 2.44 bits per heavy atom. The van der Waals surface area contributed by atoms with Crippen molar-refractivity contribution in [3.63, 3.8) is 0 Å². The third-order valence-electron chi connectivity index (χ3n) is 5.80. The highest BCUT2D eigenvalue weighted by molar-refractivity contribution is 6.04. The second kappa shape index (κ2) is 9.54. The zero-order valence-corrected chi connectivity index (χ0v) is 19.8. The number of anilines is 1. The number of aromatic nitrogens is 2. The Bertz CT molecular complexity index is 1310. The van der Waals surface area contributed by atoms with Crippen molar-refractivity contribution in [1.82, 2.24) is 14.5 Å². The zero-order chi connectivity index (χ0) is 24.4. The topological polar surface area (TPSA) is 103 Å². The van der Waals surface area contributed by atoms with Crippen LogP contribution in [0.5, 0.6) is 11.5 Å². The van der Waals surface area contributed by atoms with Crippen LogP contribution in [0.2, 0.25) is 0 Å². The van der Waals surface area contributed by atoms with Gasteiger partial charge in [0.15, 0.2) is 11.5 Å². The van der Waals surface area contributed by atoms with Gasteiger partial charge in [-0.2, -0.15) is 0 Å².